The molecule has 132 valence electrons. The molecule has 0 bridgehead atoms. The number of carboxylic acid groups (broad SMARTS) is 1. The molecule has 0 unspecified atom stereocenters. The van der Waals surface area contributed by atoms with Crippen LogP contribution in [0.1, 0.15) is 60.8 Å². The minimum atomic E-state index is -0.724. The van der Waals surface area contributed by atoms with E-state index in [1.807, 2.05) is 12.3 Å². The molecule has 0 atom stereocenters. The average Bonchev–Trinajstić information content (AvgIpc) is 3.07. The van der Waals surface area contributed by atoms with Crippen molar-refractivity contribution in [2.75, 3.05) is 0 Å². The van der Waals surface area contributed by atoms with Gasteiger partial charge in [0.2, 0.25) is 0 Å². The zero-order valence-electron chi connectivity index (χ0n) is 14.6. The Balaban J connectivity index is 2.13. The number of nitrogens with zero attached hydrogens (tertiary/aromatic N) is 1. The van der Waals surface area contributed by atoms with Crippen molar-refractivity contribution in [3.8, 4) is 0 Å². The molecule has 0 aliphatic heterocycles. The highest BCUT2D eigenvalue weighted by Crippen LogP contribution is 2.30. The molecular weight excluding hydrogens is 330 g/mol. The summed E-state index contributed by atoms with van der Waals surface area (Å²) >= 11 is 1.78. The Labute approximate surface area is 153 Å². The monoisotopic (exact) mass is 355 g/mol. The first-order chi connectivity index (χ1) is 12.2. The van der Waals surface area contributed by atoms with Crippen LogP contribution in [0.25, 0.3) is 11.6 Å². The number of hydrogen-bond donors (Lipinski definition) is 1. The minimum Gasteiger partial charge on any atom is -0.481 e. The van der Waals surface area contributed by atoms with Crippen LogP contribution in [0.4, 0.5) is 0 Å². The molecule has 2 aromatic rings. The largest absolute Gasteiger partial charge is 0.481 e. The van der Waals surface area contributed by atoms with Gasteiger partial charge in [-0.2, -0.15) is 0 Å². The Kier molecular flexibility index (Phi) is 8.13. The van der Waals surface area contributed by atoms with Crippen LogP contribution in [-0.4, -0.2) is 16.1 Å². The van der Waals surface area contributed by atoms with E-state index in [1.165, 1.54) is 15.3 Å². The van der Waals surface area contributed by atoms with E-state index in [9.17, 15) is 4.79 Å². The van der Waals surface area contributed by atoms with Gasteiger partial charge in [0.25, 0.3) is 0 Å². The molecule has 0 saturated heterocycles. The Bertz CT molecular complexity index is 717. The van der Waals surface area contributed by atoms with Gasteiger partial charge in [0.1, 0.15) is 0 Å². The van der Waals surface area contributed by atoms with Gasteiger partial charge < -0.3 is 5.11 Å². The first-order valence-corrected chi connectivity index (χ1v) is 9.61. The van der Waals surface area contributed by atoms with Crippen LogP contribution in [0, 0.1) is 0 Å². The lowest BCUT2D eigenvalue weighted by molar-refractivity contribution is -0.137. The average molecular weight is 356 g/mol. The fraction of sp³-hybridized carbons (Fsp3) is 0.333. The quantitative estimate of drug-likeness (QED) is 0.529. The second kappa shape index (κ2) is 10.6. The van der Waals surface area contributed by atoms with Gasteiger partial charge in [-0.05, 0) is 55.5 Å². The maximum atomic E-state index is 10.6. The molecule has 25 heavy (non-hydrogen) atoms. The Morgan fingerprint density at radius 1 is 1.24 bits per heavy atom. The van der Waals surface area contributed by atoms with Crippen LogP contribution in [0.5, 0.6) is 0 Å². The molecule has 0 radical (unpaired) electrons. The summed E-state index contributed by atoms with van der Waals surface area (Å²) in [6.07, 6.45) is 15.2. The number of carboxylic acids is 1. The Morgan fingerprint density at radius 3 is 2.84 bits per heavy atom. The van der Waals surface area contributed by atoms with Crippen LogP contribution in [-0.2, 0) is 4.79 Å². The molecule has 4 heteroatoms. The summed E-state index contributed by atoms with van der Waals surface area (Å²) in [4.78, 5) is 17.3. The number of thiophene rings is 1. The van der Waals surface area contributed by atoms with Crippen molar-refractivity contribution in [2.24, 2.45) is 0 Å². The summed E-state index contributed by atoms with van der Waals surface area (Å²) in [5.74, 6) is -0.724. The van der Waals surface area contributed by atoms with E-state index in [-0.39, 0.29) is 6.42 Å². The highest BCUT2D eigenvalue weighted by Gasteiger charge is 2.08. The van der Waals surface area contributed by atoms with Crippen LogP contribution >= 0.6 is 11.3 Å². The number of aromatic nitrogens is 1. The zero-order valence-corrected chi connectivity index (χ0v) is 15.5. The van der Waals surface area contributed by atoms with E-state index in [2.05, 4.69) is 48.3 Å². The lowest BCUT2D eigenvalue weighted by Crippen LogP contribution is -1.93. The van der Waals surface area contributed by atoms with Crippen molar-refractivity contribution in [2.45, 2.75) is 45.4 Å². The van der Waals surface area contributed by atoms with E-state index in [4.69, 9.17) is 5.11 Å². The van der Waals surface area contributed by atoms with E-state index in [1.54, 1.807) is 17.5 Å². The molecule has 3 nitrogen and oxygen atoms in total. The Morgan fingerprint density at radius 2 is 2.12 bits per heavy atom. The molecule has 0 amide bonds. The van der Waals surface area contributed by atoms with Crippen molar-refractivity contribution < 1.29 is 9.90 Å². The summed E-state index contributed by atoms with van der Waals surface area (Å²) < 4.78 is 0. The molecule has 0 saturated carbocycles. The smallest absolute Gasteiger partial charge is 0.303 e. The first kappa shape index (κ1) is 19.1. The third-order valence-electron chi connectivity index (χ3n) is 3.80. The molecule has 0 spiro atoms. The molecule has 2 aromatic heterocycles. The van der Waals surface area contributed by atoms with Crippen LogP contribution in [0.2, 0.25) is 0 Å². The maximum absolute atomic E-state index is 10.6. The van der Waals surface area contributed by atoms with E-state index in [0.29, 0.717) is 6.42 Å². The predicted molar refractivity (Wildman–Crippen MR) is 106 cm³/mol. The molecule has 0 fully saturated rings. The molecular formula is C21H25NO2S. The third-order valence-corrected chi connectivity index (χ3v) is 4.88. The lowest BCUT2D eigenvalue weighted by atomic mass is 10.0. The van der Waals surface area contributed by atoms with Gasteiger partial charge in [-0.1, -0.05) is 31.6 Å². The lowest BCUT2D eigenvalue weighted by Gasteiger charge is -2.05. The van der Waals surface area contributed by atoms with Gasteiger partial charge in [-0.3, -0.25) is 9.78 Å². The predicted octanol–water partition coefficient (Wildman–Crippen LogP) is 6.03. The zero-order chi connectivity index (χ0) is 17.9. The summed E-state index contributed by atoms with van der Waals surface area (Å²) in [6, 6.07) is 8.33. The van der Waals surface area contributed by atoms with Gasteiger partial charge in [-0.25, -0.2) is 0 Å². The van der Waals surface area contributed by atoms with E-state index < -0.39 is 5.97 Å². The summed E-state index contributed by atoms with van der Waals surface area (Å²) in [6.45, 7) is 2.18. The highest BCUT2D eigenvalue weighted by molar-refractivity contribution is 7.14. The molecule has 0 aromatic carbocycles. The second-order valence-corrected chi connectivity index (χ2v) is 7.01. The fourth-order valence-electron chi connectivity index (χ4n) is 2.50. The van der Waals surface area contributed by atoms with Gasteiger partial charge in [0, 0.05) is 34.1 Å². The van der Waals surface area contributed by atoms with Gasteiger partial charge in [0.05, 0.1) is 0 Å². The maximum Gasteiger partial charge on any atom is 0.303 e. The number of carbonyl (C=O) groups is 1. The first-order valence-electron chi connectivity index (χ1n) is 8.79. The molecule has 2 rings (SSSR count). The summed E-state index contributed by atoms with van der Waals surface area (Å²) in [5.41, 5.74) is 2.29. The van der Waals surface area contributed by atoms with E-state index in [0.717, 1.165) is 31.2 Å². The number of rotatable bonds is 10. The number of allylic oxidation sites excluding steroid dienone is 2. The second-order valence-electron chi connectivity index (χ2n) is 5.89. The van der Waals surface area contributed by atoms with E-state index >= 15 is 0 Å². The van der Waals surface area contributed by atoms with Crippen molar-refractivity contribution in [1.82, 2.24) is 4.98 Å². The Hall–Kier alpha value is -2.20. The van der Waals surface area contributed by atoms with Crippen molar-refractivity contribution in [3.63, 3.8) is 0 Å². The number of pyridine rings is 1. The summed E-state index contributed by atoms with van der Waals surface area (Å²) in [7, 11) is 0. The van der Waals surface area contributed by atoms with Gasteiger partial charge >= 0.3 is 5.97 Å². The van der Waals surface area contributed by atoms with Crippen molar-refractivity contribution >= 4 is 29.0 Å². The number of aliphatic carboxylic acids is 1. The van der Waals surface area contributed by atoms with Crippen molar-refractivity contribution in [1.29, 1.82) is 0 Å². The minimum absolute atomic E-state index is 0.238. The standard InChI is InChI=1S/C21H25NO2S/c1-2-3-5-10-18-13-14-20(25-18)19(17-9-8-15-22-16-17)11-6-4-7-12-21(23)24/h5,8-11,13-16H,2-4,6-7,12H2,1H3,(H,23,24). The van der Waals surface area contributed by atoms with Crippen molar-refractivity contribution in [3.05, 3.63) is 64.1 Å². The topological polar surface area (TPSA) is 50.2 Å². The molecule has 0 aliphatic carbocycles. The van der Waals surface area contributed by atoms with Gasteiger partial charge in [0.15, 0.2) is 0 Å². The molecule has 2 heterocycles. The number of hydrogen-bond acceptors (Lipinski definition) is 3. The van der Waals surface area contributed by atoms with Crippen LogP contribution < -0.4 is 0 Å². The SMILES string of the molecule is CCCC=Cc1ccc(C(=CCCCCC(=O)O)c2cccnc2)s1. The normalized spacial score (nSPS) is 12.0. The molecule has 0 aliphatic rings. The van der Waals surface area contributed by atoms with Gasteiger partial charge in [-0.15, -0.1) is 11.3 Å². The highest BCUT2D eigenvalue weighted by atomic mass is 32.1. The number of unbranched alkanes of at least 4 members (excludes halogenated alkanes) is 3. The summed E-state index contributed by atoms with van der Waals surface area (Å²) in [5, 5.41) is 8.74. The fourth-order valence-corrected chi connectivity index (χ4v) is 3.50. The van der Waals surface area contributed by atoms with Crippen LogP contribution in [0.3, 0.4) is 0 Å². The van der Waals surface area contributed by atoms with Crippen LogP contribution in [0.15, 0.2) is 48.8 Å². The third kappa shape index (κ3) is 6.67. The molecule has 1 N–H and O–H groups in total.